The molecule has 158 valence electrons. The lowest BCUT2D eigenvalue weighted by Gasteiger charge is -2.31. The molecular weight excluding hydrogens is 382 g/mol. The van der Waals surface area contributed by atoms with Gasteiger partial charge in [-0.25, -0.2) is 4.79 Å². The Morgan fingerprint density at radius 1 is 1.13 bits per heavy atom. The maximum absolute atomic E-state index is 13.0. The van der Waals surface area contributed by atoms with Gasteiger partial charge < -0.3 is 20.1 Å². The SMILES string of the molecule is CCCC/C(=C1/C(=O)Nc2ccc(OC(=O)O)cc21)N(CN(C)C)c1ccccc1. The van der Waals surface area contributed by atoms with Crippen molar-refractivity contribution in [2.45, 2.75) is 26.2 Å². The molecule has 1 heterocycles. The molecule has 1 amide bonds. The molecule has 2 aromatic carbocycles. The van der Waals surface area contributed by atoms with E-state index >= 15 is 0 Å². The van der Waals surface area contributed by atoms with Crippen molar-refractivity contribution in [3.8, 4) is 5.75 Å². The number of allylic oxidation sites excluding steroid dienone is 1. The molecule has 0 aliphatic carbocycles. The summed E-state index contributed by atoms with van der Waals surface area (Å²) < 4.78 is 4.83. The number of ether oxygens (including phenoxy) is 1. The second kappa shape index (κ2) is 9.45. The van der Waals surface area contributed by atoms with Crippen LogP contribution in [0.4, 0.5) is 16.2 Å². The molecule has 1 aliphatic rings. The first-order valence-electron chi connectivity index (χ1n) is 9.97. The van der Waals surface area contributed by atoms with Gasteiger partial charge in [0.05, 0.1) is 12.2 Å². The summed E-state index contributed by atoms with van der Waals surface area (Å²) in [5.74, 6) is -0.00720. The summed E-state index contributed by atoms with van der Waals surface area (Å²) in [4.78, 5) is 28.2. The number of fused-ring (bicyclic) bond motifs is 1. The first kappa shape index (κ1) is 21.4. The van der Waals surface area contributed by atoms with Crippen molar-refractivity contribution >= 4 is 29.0 Å². The molecule has 2 aromatic rings. The second-order valence-corrected chi connectivity index (χ2v) is 7.44. The Balaban J connectivity index is 2.18. The lowest BCUT2D eigenvalue weighted by Crippen LogP contribution is -2.34. The van der Waals surface area contributed by atoms with Crippen LogP contribution in [0.15, 0.2) is 54.2 Å². The lowest BCUT2D eigenvalue weighted by atomic mass is 10.00. The van der Waals surface area contributed by atoms with E-state index in [0.717, 1.165) is 24.2 Å². The zero-order chi connectivity index (χ0) is 21.7. The Morgan fingerprint density at radius 2 is 1.87 bits per heavy atom. The summed E-state index contributed by atoms with van der Waals surface area (Å²) in [6.07, 6.45) is 1.23. The van der Waals surface area contributed by atoms with Gasteiger partial charge >= 0.3 is 6.16 Å². The number of anilines is 2. The first-order chi connectivity index (χ1) is 14.4. The number of carbonyl (C=O) groups excluding carboxylic acids is 1. The van der Waals surface area contributed by atoms with E-state index < -0.39 is 6.16 Å². The van der Waals surface area contributed by atoms with E-state index in [4.69, 9.17) is 9.84 Å². The van der Waals surface area contributed by atoms with Gasteiger partial charge in [0, 0.05) is 22.6 Å². The van der Waals surface area contributed by atoms with Crippen LogP contribution in [0.5, 0.6) is 5.75 Å². The quantitative estimate of drug-likeness (QED) is 0.286. The number of nitrogens with one attached hydrogen (secondary N) is 1. The van der Waals surface area contributed by atoms with E-state index in [1.165, 1.54) is 6.07 Å². The van der Waals surface area contributed by atoms with E-state index in [9.17, 15) is 9.59 Å². The van der Waals surface area contributed by atoms with Gasteiger partial charge in [-0.1, -0.05) is 31.5 Å². The molecular formula is C23H27N3O4. The van der Waals surface area contributed by atoms with Crippen LogP contribution in [0.2, 0.25) is 0 Å². The zero-order valence-electron chi connectivity index (χ0n) is 17.5. The van der Waals surface area contributed by atoms with Crippen molar-refractivity contribution in [3.05, 3.63) is 59.8 Å². The molecule has 0 fully saturated rings. The fourth-order valence-electron chi connectivity index (χ4n) is 3.55. The summed E-state index contributed by atoms with van der Waals surface area (Å²) in [6.45, 7) is 2.71. The highest BCUT2D eigenvalue weighted by molar-refractivity contribution is 6.32. The number of rotatable bonds is 8. The number of hydrogen-bond acceptors (Lipinski definition) is 5. The Labute approximate surface area is 176 Å². The van der Waals surface area contributed by atoms with Gasteiger partial charge in [0.1, 0.15) is 5.75 Å². The monoisotopic (exact) mass is 409 g/mol. The van der Waals surface area contributed by atoms with Crippen molar-refractivity contribution in [2.24, 2.45) is 0 Å². The molecule has 1 aliphatic heterocycles. The number of hydrogen-bond donors (Lipinski definition) is 2. The van der Waals surface area contributed by atoms with Crippen molar-refractivity contribution in [1.29, 1.82) is 0 Å². The van der Waals surface area contributed by atoms with Crippen LogP contribution in [0.25, 0.3) is 5.57 Å². The Hall–Kier alpha value is -3.32. The summed E-state index contributed by atoms with van der Waals surface area (Å²) in [5.41, 5.74) is 3.76. The zero-order valence-corrected chi connectivity index (χ0v) is 17.5. The topological polar surface area (TPSA) is 82.1 Å². The number of carbonyl (C=O) groups is 2. The third kappa shape index (κ3) is 4.80. The van der Waals surface area contributed by atoms with E-state index in [1.54, 1.807) is 12.1 Å². The number of carboxylic acid groups (broad SMARTS) is 1. The minimum atomic E-state index is -1.39. The van der Waals surface area contributed by atoms with Gasteiger partial charge in [-0.2, -0.15) is 0 Å². The normalized spacial score (nSPS) is 14.3. The summed E-state index contributed by atoms with van der Waals surface area (Å²) in [7, 11) is 3.97. The minimum Gasteiger partial charge on any atom is -0.449 e. The third-order valence-corrected chi connectivity index (χ3v) is 4.81. The smallest absolute Gasteiger partial charge is 0.449 e. The molecule has 2 N–H and O–H groups in total. The van der Waals surface area contributed by atoms with Crippen LogP contribution in [-0.4, -0.2) is 42.8 Å². The average molecular weight is 409 g/mol. The van der Waals surface area contributed by atoms with Crippen molar-refractivity contribution < 1.29 is 19.4 Å². The standard InChI is InChI=1S/C23H27N3O4/c1-4-5-11-20(26(15-25(2)3)16-9-7-6-8-10-16)21-18-14-17(30-23(28)29)12-13-19(18)24-22(21)27/h6-10,12-14H,4-5,11,15H2,1-3H3,(H,24,27)(H,28,29)/b21-20-. The fraction of sp³-hybridized carbons (Fsp3) is 0.304. The number of amides is 1. The van der Waals surface area contributed by atoms with Crippen molar-refractivity contribution in [3.63, 3.8) is 0 Å². The molecule has 0 spiro atoms. The molecule has 0 unspecified atom stereocenters. The van der Waals surface area contributed by atoms with Gasteiger partial charge in [-0.3, -0.25) is 9.69 Å². The van der Waals surface area contributed by atoms with Gasteiger partial charge in [0.2, 0.25) is 0 Å². The molecule has 0 saturated carbocycles. The fourth-order valence-corrected chi connectivity index (χ4v) is 3.55. The molecule has 0 atom stereocenters. The van der Waals surface area contributed by atoms with E-state index in [-0.39, 0.29) is 11.7 Å². The maximum atomic E-state index is 13.0. The average Bonchev–Trinajstić information content (AvgIpc) is 3.02. The molecule has 0 bridgehead atoms. The largest absolute Gasteiger partial charge is 0.511 e. The predicted molar refractivity (Wildman–Crippen MR) is 118 cm³/mol. The molecule has 3 rings (SSSR count). The molecule has 7 heteroatoms. The Bertz CT molecular complexity index is 954. The van der Waals surface area contributed by atoms with Gasteiger partial charge in [-0.05, 0) is 57.3 Å². The first-order valence-corrected chi connectivity index (χ1v) is 9.97. The molecule has 0 saturated heterocycles. The van der Waals surface area contributed by atoms with Crippen LogP contribution in [-0.2, 0) is 4.79 Å². The van der Waals surface area contributed by atoms with Crippen LogP contribution in [0, 0.1) is 0 Å². The highest BCUT2D eigenvalue weighted by Gasteiger charge is 2.30. The van der Waals surface area contributed by atoms with Gasteiger partial charge in [0.15, 0.2) is 0 Å². The maximum Gasteiger partial charge on any atom is 0.511 e. The van der Waals surface area contributed by atoms with Crippen LogP contribution >= 0.6 is 0 Å². The summed E-state index contributed by atoms with van der Waals surface area (Å²) >= 11 is 0. The Kier molecular flexibility index (Phi) is 6.74. The second-order valence-electron chi connectivity index (χ2n) is 7.44. The summed E-state index contributed by atoms with van der Waals surface area (Å²) in [5, 5.41) is 11.9. The minimum absolute atomic E-state index is 0.184. The summed E-state index contributed by atoms with van der Waals surface area (Å²) in [6, 6.07) is 14.8. The predicted octanol–water partition coefficient (Wildman–Crippen LogP) is 4.62. The van der Waals surface area contributed by atoms with Crippen molar-refractivity contribution in [1.82, 2.24) is 4.90 Å². The van der Waals surface area contributed by atoms with Crippen LogP contribution in [0.1, 0.15) is 31.7 Å². The number of unbranched alkanes of at least 4 members (excludes halogenated alkanes) is 1. The third-order valence-electron chi connectivity index (χ3n) is 4.81. The lowest BCUT2D eigenvalue weighted by molar-refractivity contribution is -0.110. The number of para-hydroxylation sites is 1. The molecule has 30 heavy (non-hydrogen) atoms. The van der Waals surface area contributed by atoms with Crippen LogP contribution in [0.3, 0.4) is 0 Å². The molecule has 0 radical (unpaired) electrons. The Morgan fingerprint density at radius 3 is 2.50 bits per heavy atom. The highest BCUT2D eigenvalue weighted by atomic mass is 16.7. The molecule has 7 nitrogen and oxygen atoms in total. The van der Waals surface area contributed by atoms with Crippen LogP contribution < -0.4 is 15.0 Å². The van der Waals surface area contributed by atoms with E-state index in [1.807, 2.05) is 44.4 Å². The molecule has 0 aromatic heterocycles. The van der Waals surface area contributed by atoms with E-state index in [2.05, 4.69) is 22.0 Å². The van der Waals surface area contributed by atoms with Crippen molar-refractivity contribution in [2.75, 3.05) is 31.0 Å². The number of nitrogens with zero attached hydrogens (tertiary/aromatic N) is 2. The van der Waals surface area contributed by atoms with E-state index in [0.29, 0.717) is 29.9 Å². The highest BCUT2D eigenvalue weighted by Crippen LogP contribution is 2.39. The number of benzene rings is 2. The van der Waals surface area contributed by atoms with Gasteiger partial charge in [0.25, 0.3) is 5.91 Å². The van der Waals surface area contributed by atoms with Gasteiger partial charge in [-0.15, -0.1) is 0 Å².